The predicted octanol–water partition coefficient (Wildman–Crippen LogP) is 2.98. The van der Waals surface area contributed by atoms with Gasteiger partial charge in [0.2, 0.25) is 0 Å². The van der Waals surface area contributed by atoms with Crippen LogP contribution in [0.4, 0.5) is 4.79 Å². The van der Waals surface area contributed by atoms with Crippen LogP contribution in [0.25, 0.3) is 0 Å². The molecule has 1 amide bonds. The zero-order valence-corrected chi connectivity index (χ0v) is 12.9. The summed E-state index contributed by atoms with van der Waals surface area (Å²) >= 11 is 0. The van der Waals surface area contributed by atoms with E-state index in [1.165, 1.54) is 25.7 Å². The third-order valence-electron chi connectivity index (χ3n) is 5.59. The number of carbonyl (C=O) groups excluding carboxylic acids is 1. The lowest BCUT2D eigenvalue weighted by Crippen LogP contribution is -2.56. The van der Waals surface area contributed by atoms with Gasteiger partial charge >= 0.3 is 6.09 Å². The van der Waals surface area contributed by atoms with Gasteiger partial charge in [0.15, 0.2) is 0 Å². The van der Waals surface area contributed by atoms with Crippen molar-refractivity contribution in [1.82, 2.24) is 10.6 Å². The first-order valence-electron chi connectivity index (χ1n) is 8.44. The van der Waals surface area contributed by atoms with E-state index in [0.717, 1.165) is 30.5 Å². The molecule has 0 radical (unpaired) electrons. The lowest BCUT2D eigenvalue weighted by Gasteiger charge is -2.52. The fraction of sp³-hybridized carbons (Fsp3) is 0.611. The average Bonchev–Trinajstić information content (AvgIpc) is 2.84. The second-order valence-electron chi connectivity index (χ2n) is 7.36. The Morgan fingerprint density at radius 3 is 2.50 bits per heavy atom. The Balaban J connectivity index is 1.22. The summed E-state index contributed by atoms with van der Waals surface area (Å²) in [5.74, 6) is 0. The SMILES string of the molecule is O=C(NC1CC2(C1)C[C@H]1CC[C@@H](C2)N1)OCc1ccccc1. The molecule has 1 saturated carbocycles. The molecule has 2 bridgehead atoms. The summed E-state index contributed by atoms with van der Waals surface area (Å²) in [5.41, 5.74) is 1.52. The normalized spacial score (nSPS) is 35.9. The van der Waals surface area contributed by atoms with Crippen LogP contribution in [0.3, 0.4) is 0 Å². The Morgan fingerprint density at radius 2 is 1.82 bits per heavy atom. The molecule has 118 valence electrons. The van der Waals surface area contributed by atoms with Crippen molar-refractivity contribution in [2.75, 3.05) is 0 Å². The number of hydrogen-bond acceptors (Lipinski definition) is 3. The largest absolute Gasteiger partial charge is 0.445 e. The number of benzene rings is 1. The maximum atomic E-state index is 11.9. The van der Waals surface area contributed by atoms with E-state index in [1.807, 2.05) is 30.3 Å². The van der Waals surface area contributed by atoms with Crippen molar-refractivity contribution < 1.29 is 9.53 Å². The van der Waals surface area contributed by atoms with E-state index in [4.69, 9.17) is 4.74 Å². The van der Waals surface area contributed by atoms with E-state index in [9.17, 15) is 4.79 Å². The molecule has 2 atom stereocenters. The van der Waals surface area contributed by atoms with Crippen LogP contribution in [-0.4, -0.2) is 24.2 Å². The molecule has 3 fully saturated rings. The number of rotatable bonds is 3. The molecule has 4 heteroatoms. The van der Waals surface area contributed by atoms with Crippen LogP contribution in [0.2, 0.25) is 0 Å². The lowest BCUT2D eigenvalue weighted by molar-refractivity contribution is 0.0232. The predicted molar refractivity (Wildman–Crippen MR) is 84.4 cm³/mol. The lowest BCUT2D eigenvalue weighted by atomic mass is 9.59. The number of ether oxygens (including phenoxy) is 1. The number of carbonyl (C=O) groups is 1. The molecule has 2 aliphatic heterocycles. The number of hydrogen-bond donors (Lipinski definition) is 2. The number of piperidine rings is 1. The highest BCUT2D eigenvalue weighted by molar-refractivity contribution is 5.67. The number of nitrogens with one attached hydrogen (secondary N) is 2. The second kappa shape index (κ2) is 5.58. The first kappa shape index (κ1) is 14.1. The van der Waals surface area contributed by atoms with E-state index < -0.39 is 0 Å². The first-order chi connectivity index (χ1) is 10.7. The van der Waals surface area contributed by atoms with Crippen molar-refractivity contribution in [2.45, 2.75) is 63.3 Å². The zero-order valence-electron chi connectivity index (χ0n) is 12.9. The fourth-order valence-corrected chi connectivity index (χ4v) is 4.71. The molecule has 2 heterocycles. The van der Waals surface area contributed by atoms with Gasteiger partial charge in [-0.05, 0) is 49.5 Å². The maximum Gasteiger partial charge on any atom is 0.407 e. The second-order valence-corrected chi connectivity index (χ2v) is 7.36. The molecule has 22 heavy (non-hydrogen) atoms. The van der Waals surface area contributed by atoms with Gasteiger partial charge in [-0.2, -0.15) is 0 Å². The van der Waals surface area contributed by atoms with Crippen LogP contribution >= 0.6 is 0 Å². The topological polar surface area (TPSA) is 50.4 Å². The number of alkyl carbamates (subject to hydrolysis) is 1. The quantitative estimate of drug-likeness (QED) is 0.902. The van der Waals surface area contributed by atoms with Gasteiger partial charge in [-0.3, -0.25) is 0 Å². The van der Waals surface area contributed by atoms with Crippen molar-refractivity contribution in [3.63, 3.8) is 0 Å². The molecule has 1 aromatic carbocycles. The fourth-order valence-electron chi connectivity index (χ4n) is 4.71. The van der Waals surface area contributed by atoms with Gasteiger partial charge in [-0.25, -0.2) is 4.79 Å². The molecule has 4 nitrogen and oxygen atoms in total. The van der Waals surface area contributed by atoms with Gasteiger partial charge in [-0.1, -0.05) is 30.3 Å². The molecular weight excluding hydrogens is 276 g/mol. The van der Waals surface area contributed by atoms with Gasteiger partial charge in [-0.15, -0.1) is 0 Å². The highest BCUT2D eigenvalue weighted by atomic mass is 16.5. The Bertz CT molecular complexity index is 525. The molecule has 1 aliphatic carbocycles. The maximum absolute atomic E-state index is 11.9. The summed E-state index contributed by atoms with van der Waals surface area (Å²) in [5, 5.41) is 6.72. The molecule has 4 rings (SSSR count). The van der Waals surface area contributed by atoms with Crippen molar-refractivity contribution in [3.05, 3.63) is 35.9 Å². The Morgan fingerprint density at radius 1 is 1.14 bits per heavy atom. The van der Waals surface area contributed by atoms with Crippen molar-refractivity contribution in [1.29, 1.82) is 0 Å². The highest BCUT2D eigenvalue weighted by Crippen LogP contribution is 2.53. The minimum atomic E-state index is -0.277. The number of fused-ring (bicyclic) bond motifs is 2. The van der Waals surface area contributed by atoms with E-state index in [2.05, 4.69) is 10.6 Å². The summed E-state index contributed by atoms with van der Waals surface area (Å²) in [4.78, 5) is 11.9. The van der Waals surface area contributed by atoms with Crippen LogP contribution in [0, 0.1) is 5.41 Å². The van der Waals surface area contributed by atoms with Crippen LogP contribution in [0.5, 0.6) is 0 Å². The molecule has 2 N–H and O–H groups in total. The van der Waals surface area contributed by atoms with E-state index >= 15 is 0 Å². The molecule has 0 aromatic heterocycles. The molecule has 1 spiro atoms. The molecular formula is C18H24N2O2. The minimum Gasteiger partial charge on any atom is -0.445 e. The standard InChI is InChI=1S/C18H24N2O2/c21-17(22-12-13-4-2-1-3-5-13)20-16-10-18(11-16)8-14-6-7-15(9-18)19-14/h1-5,14-16,19H,6-12H2,(H,20,21)/t14-,15+,16?,18?. The van der Waals surface area contributed by atoms with Crippen LogP contribution < -0.4 is 10.6 Å². The summed E-state index contributed by atoms with van der Waals surface area (Å²) in [7, 11) is 0. The monoisotopic (exact) mass is 300 g/mol. The molecule has 0 unspecified atom stereocenters. The van der Waals surface area contributed by atoms with Gasteiger partial charge in [0.1, 0.15) is 6.61 Å². The average molecular weight is 300 g/mol. The highest BCUT2D eigenvalue weighted by Gasteiger charge is 2.51. The van der Waals surface area contributed by atoms with Crippen LogP contribution in [-0.2, 0) is 11.3 Å². The van der Waals surface area contributed by atoms with Gasteiger partial charge in [0.25, 0.3) is 0 Å². The summed E-state index contributed by atoms with van der Waals surface area (Å²) in [6.07, 6.45) is 7.24. The van der Waals surface area contributed by atoms with Crippen LogP contribution in [0.1, 0.15) is 44.1 Å². The third-order valence-corrected chi connectivity index (χ3v) is 5.59. The Hall–Kier alpha value is -1.55. The van der Waals surface area contributed by atoms with Crippen molar-refractivity contribution in [2.24, 2.45) is 5.41 Å². The van der Waals surface area contributed by atoms with Crippen LogP contribution in [0.15, 0.2) is 30.3 Å². The Kier molecular flexibility index (Phi) is 3.57. The molecule has 3 aliphatic rings. The summed E-state index contributed by atoms with van der Waals surface area (Å²) in [6, 6.07) is 11.6. The minimum absolute atomic E-state index is 0.277. The molecule has 1 aromatic rings. The summed E-state index contributed by atoms with van der Waals surface area (Å²) < 4.78 is 5.30. The van der Waals surface area contributed by atoms with Crippen molar-refractivity contribution in [3.8, 4) is 0 Å². The van der Waals surface area contributed by atoms with E-state index in [-0.39, 0.29) is 6.09 Å². The van der Waals surface area contributed by atoms with Gasteiger partial charge in [0.05, 0.1) is 0 Å². The number of amides is 1. The van der Waals surface area contributed by atoms with Gasteiger partial charge in [0, 0.05) is 18.1 Å². The third kappa shape index (κ3) is 2.84. The molecule has 2 saturated heterocycles. The Labute approximate surface area is 131 Å². The zero-order chi connectivity index (χ0) is 15.0. The van der Waals surface area contributed by atoms with Crippen molar-refractivity contribution >= 4 is 6.09 Å². The summed E-state index contributed by atoms with van der Waals surface area (Å²) in [6.45, 7) is 0.346. The smallest absolute Gasteiger partial charge is 0.407 e. The van der Waals surface area contributed by atoms with E-state index in [1.54, 1.807) is 0 Å². The first-order valence-corrected chi connectivity index (χ1v) is 8.44. The van der Waals surface area contributed by atoms with E-state index in [0.29, 0.717) is 18.1 Å². The van der Waals surface area contributed by atoms with Gasteiger partial charge < -0.3 is 15.4 Å².